The van der Waals surface area contributed by atoms with E-state index in [0.717, 1.165) is 31.7 Å². The molecule has 1 aromatic heterocycles. The quantitative estimate of drug-likeness (QED) is 0.766. The lowest BCUT2D eigenvalue weighted by Gasteiger charge is -2.17. The van der Waals surface area contributed by atoms with Crippen LogP contribution in [0, 0.1) is 0 Å². The zero-order chi connectivity index (χ0) is 12.0. The molecule has 0 radical (unpaired) electrons. The molecule has 92 valence electrons. The third-order valence-electron chi connectivity index (χ3n) is 2.98. The summed E-state index contributed by atoms with van der Waals surface area (Å²) in [4.78, 5) is 2.31. The fraction of sp³-hybridized carbons (Fsp3) is 0.750. The number of hydrogen-bond donors (Lipinski definition) is 1. The lowest BCUT2D eigenvalue weighted by Crippen LogP contribution is -2.29. The monoisotopic (exact) mass is 224 g/mol. The molecule has 1 rings (SSSR count). The molecule has 0 aliphatic heterocycles. The summed E-state index contributed by atoms with van der Waals surface area (Å²) in [6, 6.07) is 2.59. The first-order chi connectivity index (χ1) is 7.71. The van der Waals surface area contributed by atoms with Crippen molar-refractivity contribution in [1.82, 2.24) is 14.7 Å². The topological polar surface area (TPSA) is 47.1 Å². The summed E-state index contributed by atoms with van der Waals surface area (Å²) in [7, 11) is 0. The molecule has 1 unspecified atom stereocenters. The molecule has 0 saturated carbocycles. The average Bonchev–Trinajstić information content (AvgIpc) is 2.76. The molecule has 0 amide bonds. The molecule has 0 saturated heterocycles. The van der Waals surface area contributed by atoms with Crippen molar-refractivity contribution in [2.45, 2.75) is 39.8 Å². The van der Waals surface area contributed by atoms with E-state index in [1.807, 2.05) is 4.68 Å². The SMILES string of the molecule is CCC(C)n1ccc(CN(CC)CCN)n1. The number of nitrogens with zero attached hydrogens (tertiary/aromatic N) is 3. The van der Waals surface area contributed by atoms with Crippen molar-refractivity contribution in [2.24, 2.45) is 5.73 Å². The Morgan fingerprint density at radius 2 is 2.25 bits per heavy atom. The van der Waals surface area contributed by atoms with E-state index in [2.05, 4.69) is 43.0 Å². The lowest BCUT2D eigenvalue weighted by molar-refractivity contribution is 0.282. The molecular weight excluding hydrogens is 200 g/mol. The Bertz CT molecular complexity index is 295. The molecule has 0 aliphatic carbocycles. The van der Waals surface area contributed by atoms with Gasteiger partial charge >= 0.3 is 0 Å². The highest BCUT2D eigenvalue weighted by molar-refractivity contribution is 4.99. The van der Waals surface area contributed by atoms with Crippen LogP contribution in [0.3, 0.4) is 0 Å². The maximum Gasteiger partial charge on any atom is 0.0764 e. The molecule has 2 N–H and O–H groups in total. The number of aromatic nitrogens is 2. The highest BCUT2D eigenvalue weighted by Crippen LogP contribution is 2.10. The highest BCUT2D eigenvalue weighted by Gasteiger charge is 2.07. The predicted molar refractivity (Wildman–Crippen MR) is 67.2 cm³/mol. The van der Waals surface area contributed by atoms with Crippen LogP contribution in [-0.2, 0) is 6.54 Å². The molecule has 0 aliphatic rings. The summed E-state index contributed by atoms with van der Waals surface area (Å²) in [5.41, 5.74) is 6.70. The Morgan fingerprint density at radius 1 is 1.50 bits per heavy atom. The van der Waals surface area contributed by atoms with Crippen molar-refractivity contribution in [2.75, 3.05) is 19.6 Å². The second kappa shape index (κ2) is 6.66. The summed E-state index contributed by atoms with van der Waals surface area (Å²) in [6.07, 6.45) is 3.18. The highest BCUT2D eigenvalue weighted by atomic mass is 15.3. The van der Waals surface area contributed by atoms with Crippen LogP contribution in [0.2, 0.25) is 0 Å². The van der Waals surface area contributed by atoms with Crippen LogP contribution in [0.4, 0.5) is 0 Å². The van der Waals surface area contributed by atoms with E-state index in [4.69, 9.17) is 5.73 Å². The van der Waals surface area contributed by atoms with Gasteiger partial charge in [0.2, 0.25) is 0 Å². The van der Waals surface area contributed by atoms with Crippen LogP contribution in [-0.4, -0.2) is 34.3 Å². The maximum absolute atomic E-state index is 5.57. The largest absolute Gasteiger partial charge is 0.329 e. The van der Waals surface area contributed by atoms with E-state index in [0.29, 0.717) is 12.6 Å². The van der Waals surface area contributed by atoms with Crippen molar-refractivity contribution in [3.63, 3.8) is 0 Å². The van der Waals surface area contributed by atoms with Crippen LogP contribution >= 0.6 is 0 Å². The minimum atomic E-state index is 0.485. The van der Waals surface area contributed by atoms with Gasteiger partial charge in [0, 0.05) is 31.9 Å². The molecule has 0 aromatic carbocycles. The zero-order valence-electron chi connectivity index (χ0n) is 10.7. The molecule has 1 atom stereocenters. The molecule has 4 heteroatoms. The minimum Gasteiger partial charge on any atom is -0.329 e. The smallest absolute Gasteiger partial charge is 0.0764 e. The number of nitrogens with two attached hydrogens (primary N) is 1. The molecule has 1 aromatic rings. The van der Waals surface area contributed by atoms with Gasteiger partial charge in [0.05, 0.1) is 5.69 Å². The fourth-order valence-electron chi connectivity index (χ4n) is 1.65. The van der Waals surface area contributed by atoms with E-state index in [1.165, 1.54) is 0 Å². The van der Waals surface area contributed by atoms with Crippen LogP contribution < -0.4 is 5.73 Å². The number of rotatable bonds is 7. The van der Waals surface area contributed by atoms with E-state index >= 15 is 0 Å². The van der Waals surface area contributed by atoms with E-state index < -0.39 is 0 Å². The first-order valence-corrected chi connectivity index (χ1v) is 6.17. The molecule has 1 heterocycles. The third kappa shape index (κ3) is 3.61. The first kappa shape index (κ1) is 13.2. The normalized spacial score (nSPS) is 13.3. The van der Waals surface area contributed by atoms with Crippen LogP contribution in [0.5, 0.6) is 0 Å². The van der Waals surface area contributed by atoms with Gasteiger partial charge in [-0.15, -0.1) is 0 Å². The van der Waals surface area contributed by atoms with Crippen molar-refractivity contribution in [1.29, 1.82) is 0 Å². The van der Waals surface area contributed by atoms with E-state index in [1.54, 1.807) is 0 Å². The van der Waals surface area contributed by atoms with Crippen molar-refractivity contribution < 1.29 is 0 Å². The van der Waals surface area contributed by atoms with Gasteiger partial charge in [-0.1, -0.05) is 13.8 Å². The second-order valence-corrected chi connectivity index (χ2v) is 4.20. The van der Waals surface area contributed by atoms with Crippen LogP contribution in [0.1, 0.15) is 38.9 Å². The Labute approximate surface area is 98.4 Å². The minimum absolute atomic E-state index is 0.485. The van der Waals surface area contributed by atoms with Crippen molar-refractivity contribution >= 4 is 0 Å². The first-order valence-electron chi connectivity index (χ1n) is 6.17. The summed E-state index contributed by atoms with van der Waals surface area (Å²) >= 11 is 0. The molecular formula is C12H24N4. The standard InChI is InChI=1S/C12H24N4/c1-4-11(3)16-8-6-12(14-16)10-15(5-2)9-7-13/h6,8,11H,4-5,7,9-10,13H2,1-3H3. The van der Waals surface area contributed by atoms with Crippen molar-refractivity contribution in [3.8, 4) is 0 Å². The van der Waals surface area contributed by atoms with Gasteiger partial charge in [-0.2, -0.15) is 5.10 Å². The van der Waals surface area contributed by atoms with Crippen LogP contribution in [0.15, 0.2) is 12.3 Å². The van der Waals surface area contributed by atoms with Crippen molar-refractivity contribution in [3.05, 3.63) is 18.0 Å². The number of likely N-dealkylation sites (N-methyl/N-ethyl adjacent to an activating group) is 1. The Kier molecular flexibility index (Phi) is 5.49. The van der Waals surface area contributed by atoms with Gasteiger partial charge < -0.3 is 5.73 Å². The molecule has 0 spiro atoms. The molecule has 0 bridgehead atoms. The average molecular weight is 224 g/mol. The Morgan fingerprint density at radius 3 is 2.81 bits per heavy atom. The zero-order valence-corrected chi connectivity index (χ0v) is 10.7. The molecule has 0 fully saturated rings. The van der Waals surface area contributed by atoms with E-state index in [-0.39, 0.29) is 0 Å². The lowest BCUT2D eigenvalue weighted by atomic mass is 10.3. The van der Waals surface area contributed by atoms with Gasteiger partial charge in [0.1, 0.15) is 0 Å². The summed E-state index contributed by atoms with van der Waals surface area (Å²) in [6.45, 7) is 10.1. The second-order valence-electron chi connectivity index (χ2n) is 4.20. The summed E-state index contributed by atoms with van der Waals surface area (Å²) in [5.74, 6) is 0. The van der Waals surface area contributed by atoms with Gasteiger partial charge in [-0.25, -0.2) is 0 Å². The van der Waals surface area contributed by atoms with Crippen LogP contribution in [0.25, 0.3) is 0 Å². The maximum atomic E-state index is 5.57. The van der Waals surface area contributed by atoms with Gasteiger partial charge in [0.25, 0.3) is 0 Å². The predicted octanol–water partition coefficient (Wildman–Crippen LogP) is 1.63. The van der Waals surface area contributed by atoms with Gasteiger partial charge in [0.15, 0.2) is 0 Å². The number of hydrogen-bond acceptors (Lipinski definition) is 3. The summed E-state index contributed by atoms with van der Waals surface area (Å²) in [5, 5.41) is 4.59. The molecule has 4 nitrogen and oxygen atoms in total. The third-order valence-corrected chi connectivity index (χ3v) is 2.98. The van der Waals surface area contributed by atoms with Gasteiger partial charge in [-0.3, -0.25) is 9.58 Å². The van der Waals surface area contributed by atoms with E-state index in [9.17, 15) is 0 Å². The Balaban J connectivity index is 2.56. The Hall–Kier alpha value is -0.870. The fourth-order valence-corrected chi connectivity index (χ4v) is 1.65. The summed E-state index contributed by atoms with van der Waals surface area (Å²) < 4.78 is 2.05. The van der Waals surface area contributed by atoms with Gasteiger partial charge in [-0.05, 0) is 26.0 Å². The molecule has 16 heavy (non-hydrogen) atoms.